The fraction of sp³-hybridized carbons (Fsp3) is 0.417. The van der Waals surface area contributed by atoms with Crippen LogP contribution >= 0.6 is 35.1 Å². The number of carboxylic acid groups (broad SMARTS) is 1. The Morgan fingerprint density at radius 1 is 1.52 bits per heavy atom. The van der Waals surface area contributed by atoms with Gasteiger partial charge in [-0.05, 0) is 0 Å². The van der Waals surface area contributed by atoms with E-state index < -0.39 is 10.9 Å². The number of aromatic carboxylic acids is 1. The zero-order valence-corrected chi connectivity index (χ0v) is 13.3. The maximum absolute atomic E-state index is 11.3. The van der Waals surface area contributed by atoms with E-state index in [1.54, 1.807) is 0 Å². The highest BCUT2D eigenvalue weighted by molar-refractivity contribution is 8.06. The van der Waals surface area contributed by atoms with Gasteiger partial charge in [0.15, 0.2) is 0 Å². The first-order valence-electron chi connectivity index (χ1n) is 6.13. The summed E-state index contributed by atoms with van der Waals surface area (Å²) in [5, 5.41) is 23.4. The lowest BCUT2D eigenvalue weighted by Gasteiger charge is -2.22. The number of anilines is 1. The molecule has 1 aliphatic rings. The number of hydrogen-bond acceptors (Lipinski definition) is 6. The van der Waals surface area contributed by atoms with E-state index in [0.717, 1.165) is 23.3 Å². The summed E-state index contributed by atoms with van der Waals surface area (Å²) in [7, 11) is 0. The minimum atomic E-state index is -1.24. The Labute approximate surface area is 134 Å². The maximum atomic E-state index is 11.3. The van der Waals surface area contributed by atoms with Crippen molar-refractivity contribution in [2.45, 2.75) is 5.25 Å². The molecular weight excluding hydrogens is 336 g/mol. The molecule has 1 aromatic carbocycles. The van der Waals surface area contributed by atoms with Crippen LogP contribution in [0.15, 0.2) is 12.1 Å². The lowest BCUT2D eigenvalue weighted by atomic mass is 10.1. The van der Waals surface area contributed by atoms with E-state index in [4.69, 9.17) is 11.6 Å². The molecule has 0 saturated carbocycles. The summed E-state index contributed by atoms with van der Waals surface area (Å²) in [6.07, 6.45) is 0. The molecule has 1 unspecified atom stereocenters. The number of carboxylic acids is 1. The molecule has 0 aliphatic carbocycles. The van der Waals surface area contributed by atoms with Crippen LogP contribution in [0.3, 0.4) is 0 Å². The van der Waals surface area contributed by atoms with Crippen LogP contribution < -0.4 is 5.32 Å². The van der Waals surface area contributed by atoms with Crippen LogP contribution in [-0.2, 0) is 0 Å². The maximum Gasteiger partial charge on any atom is 0.338 e. The standard InChI is InChI=1S/C12H13ClN2O4S2/c13-10-4-7(15(18)19)3-9(12(16)17)11(10)14-5-8-6-20-1-2-21-8/h3-4,8,14H,1-2,5-6H2,(H,16,17). The van der Waals surface area contributed by atoms with Gasteiger partial charge in [0, 0.05) is 41.2 Å². The van der Waals surface area contributed by atoms with Gasteiger partial charge >= 0.3 is 5.97 Å². The van der Waals surface area contributed by atoms with Gasteiger partial charge in [-0.15, -0.1) is 0 Å². The fourth-order valence-corrected chi connectivity index (χ4v) is 4.81. The average molecular weight is 349 g/mol. The monoisotopic (exact) mass is 348 g/mol. The predicted octanol–water partition coefficient (Wildman–Crippen LogP) is 3.21. The van der Waals surface area contributed by atoms with Crippen molar-refractivity contribution in [1.29, 1.82) is 0 Å². The second kappa shape index (κ2) is 7.24. The van der Waals surface area contributed by atoms with Crippen molar-refractivity contribution in [1.82, 2.24) is 0 Å². The minimum absolute atomic E-state index is 0.0510. The molecule has 21 heavy (non-hydrogen) atoms. The second-order valence-corrected chi connectivity index (χ2v) is 7.33. The first-order valence-corrected chi connectivity index (χ1v) is 8.71. The number of halogens is 1. The number of benzene rings is 1. The fourth-order valence-electron chi connectivity index (χ4n) is 1.92. The molecule has 1 fully saturated rings. The van der Waals surface area contributed by atoms with Crippen LogP contribution in [0.2, 0.25) is 5.02 Å². The number of carbonyl (C=O) groups is 1. The molecule has 0 aromatic heterocycles. The lowest BCUT2D eigenvalue weighted by molar-refractivity contribution is -0.384. The number of nitro groups is 1. The van der Waals surface area contributed by atoms with Gasteiger partial charge in [-0.1, -0.05) is 11.6 Å². The molecule has 0 radical (unpaired) electrons. The molecule has 1 heterocycles. The number of nitrogens with one attached hydrogen (secondary N) is 1. The highest BCUT2D eigenvalue weighted by atomic mass is 35.5. The Bertz CT molecular complexity index is 564. The molecule has 1 aromatic rings. The molecule has 2 N–H and O–H groups in total. The van der Waals surface area contributed by atoms with Gasteiger partial charge in [-0.25, -0.2) is 4.79 Å². The van der Waals surface area contributed by atoms with E-state index in [1.165, 1.54) is 6.07 Å². The summed E-state index contributed by atoms with van der Waals surface area (Å²) in [6.45, 7) is 0.579. The third-order valence-corrected chi connectivity index (χ3v) is 6.05. The zero-order valence-electron chi connectivity index (χ0n) is 10.9. The summed E-state index contributed by atoms with van der Waals surface area (Å²) < 4.78 is 0. The van der Waals surface area contributed by atoms with Crippen molar-refractivity contribution in [3.63, 3.8) is 0 Å². The molecular formula is C12H13ClN2O4S2. The Morgan fingerprint density at radius 3 is 2.86 bits per heavy atom. The smallest absolute Gasteiger partial charge is 0.338 e. The summed E-state index contributed by atoms with van der Waals surface area (Å²) in [5.41, 5.74) is -0.265. The van der Waals surface area contributed by atoms with Crippen LogP contribution in [0.1, 0.15) is 10.4 Å². The molecule has 1 atom stereocenters. The Balaban J connectivity index is 2.20. The minimum Gasteiger partial charge on any atom is -0.478 e. The normalized spacial score (nSPS) is 18.2. The van der Waals surface area contributed by atoms with Crippen molar-refractivity contribution in [3.05, 3.63) is 32.8 Å². The number of nitro benzene ring substituents is 1. The average Bonchev–Trinajstić information content (AvgIpc) is 2.46. The number of thioether (sulfide) groups is 2. The topological polar surface area (TPSA) is 92.5 Å². The Hall–Kier alpha value is -1.12. The molecule has 2 rings (SSSR count). The highest BCUT2D eigenvalue weighted by Gasteiger charge is 2.21. The number of non-ortho nitro benzene ring substituents is 1. The van der Waals surface area contributed by atoms with Crippen molar-refractivity contribution in [3.8, 4) is 0 Å². The van der Waals surface area contributed by atoms with Gasteiger partial charge in [-0.2, -0.15) is 23.5 Å². The lowest BCUT2D eigenvalue weighted by Crippen LogP contribution is -2.24. The first-order chi connectivity index (χ1) is 9.99. The molecule has 1 aliphatic heterocycles. The van der Waals surface area contributed by atoms with Gasteiger partial charge in [0.25, 0.3) is 5.69 Å². The molecule has 9 heteroatoms. The van der Waals surface area contributed by atoms with Crippen LogP contribution in [0.25, 0.3) is 0 Å². The Morgan fingerprint density at radius 2 is 2.29 bits per heavy atom. The van der Waals surface area contributed by atoms with Crippen LogP contribution in [-0.4, -0.2) is 45.1 Å². The van der Waals surface area contributed by atoms with Crippen LogP contribution in [0, 0.1) is 10.1 Å². The van der Waals surface area contributed by atoms with E-state index >= 15 is 0 Å². The number of rotatable bonds is 5. The van der Waals surface area contributed by atoms with E-state index in [2.05, 4.69) is 5.32 Å². The quantitative estimate of drug-likeness (QED) is 0.623. The predicted molar refractivity (Wildman–Crippen MR) is 87.1 cm³/mol. The van der Waals surface area contributed by atoms with Crippen molar-refractivity contribution >= 4 is 52.5 Å². The first kappa shape index (κ1) is 16.3. The van der Waals surface area contributed by atoms with Gasteiger partial charge in [0.2, 0.25) is 0 Å². The summed E-state index contributed by atoms with van der Waals surface area (Å²) >= 11 is 9.69. The molecule has 6 nitrogen and oxygen atoms in total. The molecule has 0 spiro atoms. The third kappa shape index (κ3) is 4.18. The van der Waals surface area contributed by atoms with E-state index in [1.807, 2.05) is 23.5 Å². The van der Waals surface area contributed by atoms with E-state index in [9.17, 15) is 20.0 Å². The number of nitrogens with zero attached hydrogens (tertiary/aromatic N) is 1. The third-order valence-electron chi connectivity index (χ3n) is 2.91. The molecule has 1 saturated heterocycles. The van der Waals surface area contributed by atoms with Gasteiger partial charge in [0.1, 0.15) is 0 Å². The number of hydrogen-bond donors (Lipinski definition) is 2. The second-order valence-electron chi connectivity index (χ2n) is 4.36. The van der Waals surface area contributed by atoms with Gasteiger partial charge < -0.3 is 10.4 Å². The van der Waals surface area contributed by atoms with Crippen LogP contribution in [0.4, 0.5) is 11.4 Å². The SMILES string of the molecule is O=C(O)c1cc([N+](=O)[O-])cc(Cl)c1NCC1CSCCS1. The molecule has 0 amide bonds. The van der Waals surface area contributed by atoms with E-state index in [-0.39, 0.29) is 22.0 Å². The summed E-state index contributed by atoms with van der Waals surface area (Å²) in [4.78, 5) is 21.4. The Kier molecular flexibility index (Phi) is 5.60. The van der Waals surface area contributed by atoms with Crippen molar-refractivity contribution < 1.29 is 14.8 Å². The highest BCUT2D eigenvalue weighted by Crippen LogP contribution is 2.32. The molecule has 114 valence electrons. The van der Waals surface area contributed by atoms with Crippen molar-refractivity contribution in [2.75, 3.05) is 29.1 Å². The largest absolute Gasteiger partial charge is 0.478 e. The van der Waals surface area contributed by atoms with Crippen molar-refractivity contribution in [2.24, 2.45) is 0 Å². The van der Waals surface area contributed by atoms with Gasteiger partial charge in [0.05, 0.1) is 21.2 Å². The summed E-state index contributed by atoms with van der Waals surface area (Å²) in [5.74, 6) is 1.94. The van der Waals surface area contributed by atoms with Crippen LogP contribution in [0.5, 0.6) is 0 Å². The zero-order chi connectivity index (χ0) is 15.4. The van der Waals surface area contributed by atoms with Gasteiger partial charge in [-0.3, -0.25) is 10.1 Å². The summed E-state index contributed by atoms with van der Waals surface area (Å²) in [6, 6.07) is 2.19. The molecule has 0 bridgehead atoms. The van der Waals surface area contributed by atoms with E-state index in [0.29, 0.717) is 11.8 Å².